The summed E-state index contributed by atoms with van der Waals surface area (Å²) in [5.74, 6) is 3.24. The summed E-state index contributed by atoms with van der Waals surface area (Å²) in [6.45, 7) is 0.587. The molecule has 220 valence electrons. The molecule has 42 heavy (non-hydrogen) atoms. The van der Waals surface area contributed by atoms with E-state index in [2.05, 4.69) is 4.90 Å². The molecule has 1 unspecified atom stereocenters. The predicted molar refractivity (Wildman–Crippen MR) is 151 cm³/mol. The maximum atomic E-state index is 13.4. The number of methoxy groups -OCH3 is 6. The molecule has 0 saturated heterocycles. The molecule has 3 aromatic carbocycles. The van der Waals surface area contributed by atoms with Crippen LogP contribution >= 0.6 is 0 Å². The molecule has 3 aromatic rings. The van der Waals surface area contributed by atoms with E-state index in [-0.39, 0.29) is 13.4 Å². The Balaban J connectivity index is 1.56. The molecular weight excluding hydrogens is 546 g/mol. The summed E-state index contributed by atoms with van der Waals surface area (Å²) in [4.78, 5) is 15.5. The molecule has 0 aromatic heterocycles. The Morgan fingerprint density at radius 2 is 1.26 bits per heavy atom. The Morgan fingerprint density at radius 3 is 1.81 bits per heavy atom. The minimum atomic E-state index is -0.510. The highest BCUT2D eigenvalue weighted by Crippen LogP contribution is 2.53. The molecule has 0 radical (unpaired) electrons. The highest BCUT2D eigenvalue weighted by Gasteiger charge is 2.43. The molecule has 11 nitrogen and oxygen atoms in total. The molecular formula is C31H31NO10. The lowest BCUT2D eigenvalue weighted by atomic mass is 9.80. The second kappa shape index (κ2) is 10.8. The van der Waals surface area contributed by atoms with Crippen LogP contribution in [-0.2, 0) is 16.1 Å². The van der Waals surface area contributed by atoms with E-state index in [1.54, 1.807) is 42.7 Å². The lowest BCUT2D eigenvalue weighted by molar-refractivity contribution is -0.136. The van der Waals surface area contributed by atoms with Crippen LogP contribution in [0.15, 0.2) is 47.7 Å². The normalized spacial score (nSPS) is 16.5. The average molecular weight is 578 g/mol. The molecule has 3 heterocycles. The van der Waals surface area contributed by atoms with E-state index in [0.717, 1.165) is 28.1 Å². The fourth-order valence-corrected chi connectivity index (χ4v) is 5.83. The SMILES string of the molecule is COc1cc(CN2C3=C(C(=O)OC3)C(c3cc(OC)c(OC)c(OC)c3)c3cc4c(cc32)OCO4)cc(OC)c1OC. The number of esters is 1. The lowest BCUT2D eigenvalue weighted by Crippen LogP contribution is -2.31. The second-order valence-electron chi connectivity index (χ2n) is 9.71. The summed E-state index contributed by atoms with van der Waals surface area (Å²) in [7, 11) is 9.37. The summed E-state index contributed by atoms with van der Waals surface area (Å²) in [6.07, 6.45) is 0. The first-order valence-corrected chi connectivity index (χ1v) is 13.2. The van der Waals surface area contributed by atoms with Gasteiger partial charge < -0.3 is 47.5 Å². The lowest BCUT2D eigenvalue weighted by Gasteiger charge is -2.36. The van der Waals surface area contributed by atoms with Gasteiger partial charge in [-0.25, -0.2) is 4.79 Å². The van der Waals surface area contributed by atoms with E-state index in [0.29, 0.717) is 58.1 Å². The number of carbonyl (C=O) groups is 1. The van der Waals surface area contributed by atoms with E-state index < -0.39 is 11.9 Å². The van der Waals surface area contributed by atoms with Gasteiger partial charge in [-0.15, -0.1) is 0 Å². The van der Waals surface area contributed by atoms with Crippen molar-refractivity contribution >= 4 is 11.7 Å². The molecule has 0 aliphatic carbocycles. The Hall–Kier alpha value is -4.93. The van der Waals surface area contributed by atoms with Gasteiger partial charge in [0.2, 0.25) is 18.3 Å². The number of benzene rings is 3. The second-order valence-corrected chi connectivity index (χ2v) is 9.71. The van der Waals surface area contributed by atoms with E-state index in [9.17, 15) is 4.79 Å². The van der Waals surface area contributed by atoms with Gasteiger partial charge in [-0.3, -0.25) is 0 Å². The van der Waals surface area contributed by atoms with Gasteiger partial charge in [0.05, 0.1) is 53.9 Å². The smallest absolute Gasteiger partial charge is 0.337 e. The van der Waals surface area contributed by atoms with Gasteiger partial charge in [0.25, 0.3) is 0 Å². The summed E-state index contributed by atoms with van der Waals surface area (Å²) < 4.78 is 50.7. The maximum Gasteiger partial charge on any atom is 0.337 e. The van der Waals surface area contributed by atoms with Crippen LogP contribution in [0.3, 0.4) is 0 Å². The standard InChI is InChI=1S/C31H31NO10/c1-34-23-7-16(8-24(35-2)29(23)38-5)13-32-19-12-22-21(41-15-42-22)11-18(19)27(28-20(32)14-40-31(28)33)17-9-25(36-3)30(39-6)26(10-17)37-4/h7-12,27H,13-15H2,1-6H3. The number of carbonyl (C=O) groups excluding carboxylic acids is 1. The van der Waals surface area contributed by atoms with Crippen LogP contribution < -0.4 is 42.8 Å². The number of hydrogen-bond donors (Lipinski definition) is 0. The van der Waals surface area contributed by atoms with Crippen molar-refractivity contribution in [2.75, 3.05) is 61.0 Å². The first kappa shape index (κ1) is 27.3. The Labute approximate surface area is 243 Å². The highest BCUT2D eigenvalue weighted by molar-refractivity contribution is 5.98. The molecule has 3 aliphatic rings. The monoisotopic (exact) mass is 577 g/mol. The van der Waals surface area contributed by atoms with E-state index >= 15 is 0 Å². The number of fused-ring (bicyclic) bond motifs is 2. The number of ether oxygens (including phenoxy) is 9. The molecule has 0 fully saturated rings. The van der Waals surface area contributed by atoms with E-state index in [4.69, 9.17) is 42.6 Å². The van der Waals surface area contributed by atoms with Crippen molar-refractivity contribution in [1.29, 1.82) is 0 Å². The average Bonchev–Trinajstić information content (AvgIpc) is 3.64. The van der Waals surface area contributed by atoms with Crippen LogP contribution in [0.25, 0.3) is 0 Å². The van der Waals surface area contributed by atoms with Crippen molar-refractivity contribution in [3.8, 4) is 46.0 Å². The summed E-state index contributed by atoms with van der Waals surface area (Å²) in [6, 6.07) is 11.3. The predicted octanol–water partition coefficient (Wildman–Crippen LogP) is 4.43. The zero-order valence-corrected chi connectivity index (χ0v) is 24.2. The number of cyclic esters (lactones) is 1. The van der Waals surface area contributed by atoms with E-state index in [1.807, 2.05) is 36.4 Å². The number of rotatable bonds is 9. The van der Waals surface area contributed by atoms with Gasteiger partial charge in [-0.2, -0.15) is 0 Å². The molecule has 0 N–H and O–H groups in total. The summed E-state index contributed by atoms with van der Waals surface area (Å²) in [5.41, 5.74) is 4.55. The minimum Gasteiger partial charge on any atom is -0.493 e. The van der Waals surface area contributed by atoms with Gasteiger partial charge in [0, 0.05) is 24.2 Å². The van der Waals surface area contributed by atoms with Crippen LogP contribution in [0.1, 0.15) is 22.6 Å². The van der Waals surface area contributed by atoms with Gasteiger partial charge in [-0.05, 0) is 47.0 Å². The van der Waals surface area contributed by atoms with Crippen molar-refractivity contribution < 1.29 is 47.4 Å². The molecule has 6 rings (SSSR count). The third kappa shape index (κ3) is 4.23. The molecule has 0 spiro atoms. The van der Waals surface area contributed by atoms with Gasteiger partial charge in [-0.1, -0.05) is 0 Å². The third-order valence-electron chi connectivity index (χ3n) is 7.69. The summed E-state index contributed by atoms with van der Waals surface area (Å²) in [5, 5.41) is 0. The molecule has 0 bridgehead atoms. The van der Waals surface area contributed by atoms with Crippen LogP contribution in [0.2, 0.25) is 0 Å². The Bertz CT molecular complexity index is 1550. The van der Waals surface area contributed by atoms with E-state index in [1.165, 1.54) is 0 Å². The minimum absolute atomic E-state index is 0.105. The first-order chi connectivity index (χ1) is 20.5. The summed E-state index contributed by atoms with van der Waals surface area (Å²) >= 11 is 0. The van der Waals surface area contributed by atoms with Gasteiger partial charge in [0.15, 0.2) is 34.5 Å². The molecule has 3 aliphatic heterocycles. The molecule has 11 heteroatoms. The largest absolute Gasteiger partial charge is 0.493 e. The molecule has 0 saturated carbocycles. The topological polar surface area (TPSA) is 103 Å². The van der Waals surface area contributed by atoms with Gasteiger partial charge >= 0.3 is 5.97 Å². The van der Waals surface area contributed by atoms with Crippen LogP contribution in [0.5, 0.6) is 46.0 Å². The first-order valence-electron chi connectivity index (χ1n) is 13.2. The fourth-order valence-electron chi connectivity index (χ4n) is 5.83. The highest BCUT2D eigenvalue weighted by atomic mass is 16.7. The number of anilines is 1. The zero-order chi connectivity index (χ0) is 29.5. The Morgan fingerprint density at radius 1 is 0.714 bits per heavy atom. The third-order valence-corrected chi connectivity index (χ3v) is 7.69. The maximum absolute atomic E-state index is 13.4. The quantitative estimate of drug-likeness (QED) is 0.338. The van der Waals surface area contributed by atoms with Gasteiger partial charge in [0.1, 0.15) is 6.61 Å². The van der Waals surface area contributed by atoms with Crippen LogP contribution in [-0.4, -0.2) is 62.0 Å². The molecule has 1 atom stereocenters. The van der Waals surface area contributed by atoms with Crippen molar-refractivity contribution in [2.45, 2.75) is 12.5 Å². The van der Waals surface area contributed by atoms with Crippen molar-refractivity contribution in [3.05, 3.63) is 64.4 Å². The van der Waals surface area contributed by atoms with Crippen LogP contribution in [0.4, 0.5) is 5.69 Å². The van der Waals surface area contributed by atoms with Crippen LogP contribution in [0, 0.1) is 0 Å². The van der Waals surface area contributed by atoms with Crippen molar-refractivity contribution in [1.82, 2.24) is 0 Å². The molecule has 0 amide bonds. The van der Waals surface area contributed by atoms with Crippen molar-refractivity contribution in [3.63, 3.8) is 0 Å². The number of hydrogen-bond acceptors (Lipinski definition) is 11. The Kier molecular flexibility index (Phi) is 7.01. The zero-order valence-electron chi connectivity index (χ0n) is 24.2. The fraction of sp³-hybridized carbons (Fsp3) is 0.323. The van der Waals surface area contributed by atoms with Crippen molar-refractivity contribution in [2.24, 2.45) is 0 Å². The number of nitrogens with zero attached hydrogens (tertiary/aromatic N) is 1.